The van der Waals surface area contributed by atoms with Crippen molar-refractivity contribution in [2.75, 3.05) is 7.11 Å². The summed E-state index contributed by atoms with van der Waals surface area (Å²) >= 11 is 0. The van der Waals surface area contributed by atoms with Gasteiger partial charge < -0.3 is 9.47 Å². The van der Waals surface area contributed by atoms with Crippen LogP contribution < -0.4 is 9.47 Å². The molecule has 0 aliphatic heterocycles. The molecule has 0 amide bonds. The number of allylic oxidation sites excluding steroid dienone is 1. The van der Waals surface area contributed by atoms with Crippen molar-refractivity contribution in [3.63, 3.8) is 0 Å². The van der Waals surface area contributed by atoms with Crippen molar-refractivity contribution in [3.8, 4) is 17.6 Å². The number of rotatable bonds is 6. The first-order valence-corrected chi connectivity index (χ1v) is 8.36. The Kier molecular flexibility index (Phi) is 6.19. The topological polar surface area (TPSA) is 59.3 Å². The minimum absolute atomic E-state index is 0.122. The second-order valence-electron chi connectivity index (χ2n) is 6.93. The zero-order valence-electron chi connectivity index (χ0n) is 15.6. The maximum atomic E-state index is 12.4. The van der Waals surface area contributed by atoms with Gasteiger partial charge in [0, 0.05) is 5.41 Å². The minimum Gasteiger partial charge on any atom is -0.493 e. The van der Waals surface area contributed by atoms with Gasteiger partial charge in [-0.1, -0.05) is 57.2 Å². The Morgan fingerprint density at radius 1 is 1.12 bits per heavy atom. The molecule has 0 aromatic heterocycles. The van der Waals surface area contributed by atoms with Crippen LogP contribution in [-0.4, -0.2) is 12.9 Å². The summed E-state index contributed by atoms with van der Waals surface area (Å²) in [4.78, 5) is 12.4. The standard InChI is InChI=1S/C22H23NO3/c1-22(2,3)21(24)18(14-23)12-17-10-11-19(25-4)20(13-17)26-15-16-8-6-5-7-9-16/h5-13H,15H2,1-4H3/b18-12+. The number of ether oxygens (including phenoxy) is 2. The number of methoxy groups -OCH3 is 1. The molecule has 2 aromatic carbocycles. The lowest BCUT2D eigenvalue weighted by Crippen LogP contribution is -2.21. The molecule has 2 rings (SSSR count). The highest BCUT2D eigenvalue weighted by atomic mass is 16.5. The quantitative estimate of drug-likeness (QED) is 0.555. The molecule has 0 bridgehead atoms. The lowest BCUT2D eigenvalue weighted by Gasteiger charge is -2.15. The Morgan fingerprint density at radius 3 is 2.38 bits per heavy atom. The molecule has 2 aromatic rings. The zero-order chi connectivity index (χ0) is 19.2. The van der Waals surface area contributed by atoms with E-state index in [2.05, 4.69) is 0 Å². The molecule has 0 saturated carbocycles. The van der Waals surface area contributed by atoms with E-state index in [0.717, 1.165) is 5.56 Å². The fourth-order valence-electron chi connectivity index (χ4n) is 2.35. The van der Waals surface area contributed by atoms with Gasteiger partial charge in [0.05, 0.1) is 12.7 Å². The van der Waals surface area contributed by atoms with Gasteiger partial charge in [0.2, 0.25) is 0 Å². The van der Waals surface area contributed by atoms with E-state index in [-0.39, 0.29) is 11.4 Å². The summed E-state index contributed by atoms with van der Waals surface area (Å²) in [5.41, 5.74) is 1.26. The average Bonchev–Trinajstić information content (AvgIpc) is 2.64. The van der Waals surface area contributed by atoms with Gasteiger partial charge in [-0.15, -0.1) is 0 Å². The van der Waals surface area contributed by atoms with Crippen LogP contribution in [0.5, 0.6) is 11.5 Å². The van der Waals surface area contributed by atoms with E-state index in [1.165, 1.54) is 0 Å². The van der Waals surface area contributed by atoms with Crippen molar-refractivity contribution in [2.24, 2.45) is 5.41 Å². The highest BCUT2D eigenvalue weighted by molar-refractivity contribution is 6.06. The van der Waals surface area contributed by atoms with E-state index in [9.17, 15) is 10.1 Å². The predicted molar refractivity (Wildman–Crippen MR) is 102 cm³/mol. The van der Waals surface area contributed by atoms with Crippen molar-refractivity contribution in [3.05, 3.63) is 65.2 Å². The van der Waals surface area contributed by atoms with Crippen molar-refractivity contribution >= 4 is 11.9 Å². The maximum absolute atomic E-state index is 12.4. The van der Waals surface area contributed by atoms with E-state index < -0.39 is 5.41 Å². The number of Topliss-reactive ketones (excluding diaryl/α,β-unsaturated/α-hetero) is 1. The van der Waals surface area contributed by atoms with Crippen molar-refractivity contribution in [1.29, 1.82) is 5.26 Å². The number of hydrogen-bond donors (Lipinski definition) is 0. The molecule has 4 nitrogen and oxygen atoms in total. The number of nitriles is 1. The summed E-state index contributed by atoms with van der Waals surface area (Å²) in [6, 6.07) is 17.1. The van der Waals surface area contributed by atoms with Gasteiger partial charge in [0.25, 0.3) is 0 Å². The van der Waals surface area contributed by atoms with Crippen molar-refractivity contribution in [1.82, 2.24) is 0 Å². The number of nitrogens with zero attached hydrogens (tertiary/aromatic N) is 1. The second-order valence-corrected chi connectivity index (χ2v) is 6.93. The van der Waals surface area contributed by atoms with E-state index in [0.29, 0.717) is 23.7 Å². The molecular weight excluding hydrogens is 326 g/mol. The van der Waals surface area contributed by atoms with Crippen LogP contribution in [0, 0.1) is 16.7 Å². The van der Waals surface area contributed by atoms with E-state index in [4.69, 9.17) is 9.47 Å². The molecule has 0 radical (unpaired) electrons. The lowest BCUT2D eigenvalue weighted by molar-refractivity contribution is -0.121. The van der Waals surface area contributed by atoms with Gasteiger partial charge in [0.15, 0.2) is 17.3 Å². The van der Waals surface area contributed by atoms with Crippen molar-refractivity contribution < 1.29 is 14.3 Å². The van der Waals surface area contributed by atoms with Gasteiger partial charge >= 0.3 is 0 Å². The average molecular weight is 349 g/mol. The molecule has 0 aliphatic rings. The fraction of sp³-hybridized carbons (Fsp3) is 0.273. The van der Waals surface area contributed by atoms with Gasteiger partial charge in [-0.25, -0.2) is 0 Å². The lowest BCUT2D eigenvalue weighted by atomic mass is 9.86. The van der Waals surface area contributed by atoms with Crippen LogP contribution in [-0.2, 0) is 11.4 Å². The summed E-state index contributed by atoms with van der Waals surface area (Å²) in [6.45, 7) is 5.78. The van der Waals surface area contributed by atoms with Crippen LogP contribution in [0.15, 0.2) is 54.1 Å². The van der Waals surface area contributed by atoms with Gasteiger partial charge in [0.1, 0.15) is 12.7 Å². The number of benzene rings is 2. The Bertz CT molecular complexity index is 840. The summed E-state index contributed by atoms with van der Waals surface area (Å²) < 4.78 is 11.2. The first kappa shape index (κ1) is 19.3. The van der Waals surface area contributed by atoms with Crippen molar-refractivity contribution in [2.45, 2.75) is 27.4 Å². The molecule has 4 heteroatoms. The molecule has 0 aliphatic carbocycles. The first-order valence-electron chi connectivity index (χ1n) is 8.36. The summed E-state index contributed by atoms with van der Waals surface area (Å²) in [5.74, 6) is 0.965. The maximum Gasteiger partial charge on any atom is 0.178 e. The Balaban J connectivity index is 2.29. The third kappa shape index (κ3) is 4.97. The Hall–Kier alpha value is -3.06. The SMILES string of the molecule is COc1ccc(/C=C(\C#N)C(=O)C(C)(C)C)cc1OCc1ccccc1. The number of ketones is 1. The highest BCUT2D eigenvalue weighted by Crippen LogP contribution is 2.30. The van der Waals surface area contributed by atoms with Crippen LogP contribution in [0.3, 0.4) is 0 Å². The van der Waals surface area contributed by atoms with E-state index in [1.54, 1.807) is 52.2 Å². The highest BCUT2D eigenvalue weighted by Gasteiger charge is 2.25. The molecule has 26 heavy (non-hydrogen) atoms. The van der Waals surface area contributed by atoms with Gasteiger partial charge in [-0.05, 0) is 29.3 Å². The monoisotopic (exact) mass is 349 g/mol. The minimum atomic E-state index is -0.610. The summed E-state index contributed by atoms with van der Waals surface area (Å²) in [7, 11) is 1.57. The number of carbonyl (C=O) groups excluding carboxylic acids is 1. The zero-order valence-corrected chi connectivity index (χ0v) is 15.6. The number of carbonyl (C=O) groups is 1. The third-order valence-corrected chi connectivity index (χ3v) is 3.78. The smallest absolute Gasteiger partial charge is 0.178 e. The molecule has 0 N–H and O–H groups in total. The Labute approximate surface area is 154 Å². The largest absolute Gasteiger partial charge is 0.493 e. The molecule has 0 unspecified atom stereocenters. The van der Waals surface area contributed by atoms with Gasteiger partial charge in [-0.2, -0.15) is 5.26 Å². The fourth-order valence-corrected chi connectivity index (χ4v) is 2.35. The molecule has 0 fully saturated rings. The van der Waals surface area contributed by atoms with Crippen LogP contribution in [0.4, 0.5) is 0 Å². The van der Waals surface area contributed by atoms with E-state index in [1.807, 2.05) is 36.4 Å². The molecule has 0 saturated heterocycles. The van der Waals surface area contributed by atoms with Crippen LogP contribution in [0.1, 0.15) is 31.9 Å². The molecule has 134 valence electrons. The van der Waals surface area contributed by atoms with Crippen LogP contribution in [0.2, 0.25) is 0 Å². The molecule has 0 spiro atoms. The summed E-state index contributed by atoms with van der Waals surface area (Å²) in [5, 5.41) is 9.35. The normalized spacial score (nSPS) is 11.6. The van der Waals surface area contributed by atoms with Crippen LogP contribution >= 0.6 is 0 Å². The second kappa shape index (κ2) is 8.35. The van der Waals surface area contributed by atoms with E-state index >= 15 is 0 Å². The third-order valence-electron chi connectivity index (χ3n) is 3.78. The first-order chi connectivity index (χ1) is 12.3. The number of hydrogen-bond acceptors (Lipinski definition) is 4. The van der Waals surface area contributed by atoms with Gasteiger partial charge in [-0.3, -0.25) is 4.79 Å². The predicted octanol–water partition coefficient (Wildman–Crippen LogP) is 4.80. The van der Waals surface area contributed by atoms with Crippen LogP contribution in [0.25, 0.3) is 6.08 Å². The summed E-state index contributed by atoms with van der Waals surface area (Å²) in [6.07, 6.45) is 1.59. The Morgan fingerprint density at radius 2 is 1.81 bits per heavy atom. The molecule has 0 heterocycles. The molecule has 0 atom stereocenters. The molecular formula is C22H23NO3.